The minimum absolute atomic E-state index is 0.113. The van der Waals surface area contributed by atoms with Crippen molar-refractivity contribution in [3.8, 4) is 5.75 Å². The van der Waals surface area contributed by atoms with Crippen LogP contribution in [0, 0.1) is 5.82 Å². The number of ether oxygens (including phenoxy) is 2. The number of rotatable bonds is 11. The first-order chi connectivity index (χ1) is 17.0. The topological polar surface area (TPSA) is 44.2 Å². The number of hydrogen-bond donors (Lipinski definition) is 0. The van der Waals surface area contributed by atoms with Crippen LogP contribution in [0.25, 0.3) is 10.8 Å². The van der Waals surface area contributed by atoms with Gasteiger partial charge in [-0.1, -0.05) is 42.5 Å². The second kappa shape index (κ2) is 11.8. The largest absolute Gasteiger partial charge is 0.435 e. The first-order valence-electron chi connectivity index (χ1n) is 11.5. The molecule has 0 bridgehead atoms. The molecule has 4 aromatic rings. The zero-order valence-corrected chi connectivity index (χ0v) is 19.5. The van der Waals surface area contributed by atoms with Crippen molar-refractivity contribution in [2.75, 3.05) is 13.7 Å². The molecule has 0 aliphatic carbocycles. The highest BCUT2D eigenvalue weighted by atomic mass is 19.3. The van der Waals surface area contributed by atoms with Gasteiger partial charge in [0.1, 0.15) is 17.4 Å². The van der Waals surface area contributed by atoms with Crippen LogP contribution >= 0.6 is 0 Å². The van der Waals surface area contributed by atoms with E-state index in [9.17, 15) is 8.78 Å². The minimum Gasteiger partial charge on any atom is -0.435 e. The molecule has 0 spiro atoms. The van der Waals surface area contributed by atoms with E-state index in [1.165, 1.54) is 12.1 Å². The number of hydrogen-bond acceptors (Lipinski definition) is 4. The van der Waals surface area contributed by atoms with Crippen LogP contribution in [0.4, 0.5) is 13.2 Å². The number of aryl methyl sites for hydroxylation is 4. The number of aromatic nitrogens is 2. The quantitative estimate of drug-likeness (QED) is 0.259. The minimum atomic E-state index is -2.85. The molecule has 35 heavy (non-hydrogen) atoms. The maximum Gasteiger partial charge on any atom is 0.387 e. The van der Waals surface area contributed by atoms with Gasteiger partial charge in [0.15, 0.2) is 0 Å². The van der Waals surface area contributed by atoms with E-state index in [0.29, 0.717) is 36.8 Å². The third-order valence-electron chi connectivity index (χ3n) is 5.92. The highest BCUT2D eigenvalue weighted by Crippen LogP contribution is 2.24. The van der Waals surface area contributed by atoms with Gasteiger partial charge < -0.3 is 9.47 Å². The number of alkyl halides is 2. The van der Waals surface area contributed by atoms with Gasteiger partial charge in [-0.05, 0) is 65.5 Å². The van der Waals surface area contributed by atoms with Crippen LogP contribution in [0.2, 0.25) is 0 Å². The molecule has 1 aromatic heterocycles. The van der Waals surface area contributed by atoms with Crippen LogP contribution < -0.4 is 4.74 Å². The Morgan fingerprint density at radius 2 is 1.49 bits per heavy atom. The van der Waals surface area contributed by atoms with Crippen molar-refractivity contribution >= 4 is 10.8 Å². The zero-order chi connectivity index (χ0) is 24.6. The summed E-state index contributed by atoms with van der Waals surface area (Å²) in [6.45, 7) is -2.20. The lowest BCUT2D eigenvalue weighted by atomic mass is 9.98. The molecule has 0 N–H and O–H groups in total. The summed E-state index contributed by atoms with van der Waals surface area (Å²) in [7, 11) is 1.67. The SMILES string of the molecule is COCCc1cnc(CCc2ccc3c(F)c(CCc4ccc(OC(F)F)cc4)ccc3c2)nc1. The normalized spacial score (nSPS) is 11.3. The van der Waals surface area contributed by atoms with Crippen molar-refractivity contribution in [3.63, 3.8) is 0 Å². The van der Waals surface area contributed by atoms with Gasteiger partial charge in [0.05, 0.1) is 6.61 Å². The molecule has 0 radical (unpaired) electrons. The van der Waals surface area contributed by atoms with Crippen molar-refractivity contribution < 1.29 is 22.6 Å². The van der Waals surface area contributed by atoms with E-state index < -0.39 is 6.61 Å². The monoisotopic (exact) mass is 480 g/mol. The fraction of sp³-hybridized carbons (Fsp3) is 0.286. The Balaban J connectivity index is 1.37. The molecule has 7 heteroatoms. The Morgan fingerprint density at radius 1 is 0.771 bits per heavy atom. The van der Waals surface area contributed by atoms with Crippen LogP contribution in [0.5, 0.6) is 5.75 Å². The van der Waals surface area contributed by atoms with E-state index in [2.05, 4.69) is 14.7 Å². The summed E-state index contributed by atoms with van der Waals surface area (Å²) in [5.74, 6) is 0.672. The number of benzene rings is 3. The molecule has 0 fully saturated rings. The zero-order valence-electron chi connectivity index (χ0n) is 19.5. The van der Waals surface area contributed by atoms with Crippen LogP contribution in [0.15, 0.2) is 67.0 Å². The Labute approximate surface area is 202 Å². The van der Waals surface area contributed by atoms with E-state index in [1.807, 2.05) is 42.7 Å². The Bertz CT molecular complexity index is 1250. The summed E-state index contributed by atoms with van der Waals surface area (Å²) in [5, 5.41) is 1.44. The number of nitrogens with zero attached hydrogens (tertiary/aromatic N) is 2. The predicted octanol–water partition coefficient (Wildman–Crippen LogP) is 6.13. The van der Waals surface area contributed by atoms with Crippen molar-refractivity contribution in [2.45, 2.75) is 38.7 Å². The number of halogens is 3. The van der Waals surface area contributed by atoms with Gasteiger partial charge in [-0.2, -0.15) is 8.78 Å². The number of fused-ring (bicyclic) bond motifs is 1. The molecule has 182 valence electrons. The average Bonchev–Trinajstić information content (AvgIpc) is 2.87. The van der Waals surface area contributed by atoms with Crippen molar-refractivity contribution in [1.82, 2.24) is 9.97 Å². The molecular formula is C28H27F3N2O2. The predicted molar refractivity (Wildman–Crippen MR) is 129 cm³/mol. The van der Waals surface area contributed by atoms with E-state index >= 15 is 4.39 Å². The average molecular weight is 481 g/mol. The fourth-order valence-electron chi connectivity index (χ4n) is 3.97. The van der Waals surface area contributed by atoms with Crippen molar-refractivity contribution in [1.29, 1.82) is 0 Å². The molecule has 3 aromatic carbocycles. The van der Waals surface area contributed by atoms with Crippen LogP contribution in [0.1, 0.15) is 28.1 Å². The lowest BCUT2D eigenvalue weighted by molar-refractivity contribution is -0.0498. The Hall–Kier alpha value is -3.45. The first-order valence-corrected chi connectivity index (χ1v) is 11.5. The molecule has 1 heterocycles. The molecule has 0 atom stereocenters. The van der Waals surface area contributed by atoms with E-state index in [-0.39, 0.29) is 11.6 Å². The molecule has 0 aliphatic heterocycles. The van der Waals surface area contributed by atoms with Crippen LogP contribution in [-0.4, -0.2) is 30.3 Å². The highest BCUT2D eigenvalue weighted by molar-refractivity contribution is 5.84. The Morgan fingerprint density at radius 3 is 2.20 bits per heavy atom. The van der Waals surface area contributed by atoms with E-state index in [1.54, 1.807) is 19.2 Å². The summed E-state index contributed by atoms with van der Waals surface area (Å²) in [4.78, 5) is 8.86. The molecule has 0 saturated carbocycles. The van der Waals surface area contributed by atoms with E-state index in [0.717, 1.165) is 40.7 Å². The maximum atomic E-state index is 15.2. The third-order valence-corrected chi connectivity index (χ3v) is 5.92. The lowest BCUT2D eigenvalue weighted by Crippen LogP contribution is -2.02. The molecular weight excluding hydrogens is 453 g/mol. The maximum absolute atomic E-state index is 15.2. The van der Waals surface area contributed by atoms with Crippen LogP contribution in [-0.2, 0) is 36.8 Å². The second-order valence-electron chi connectivity index (χ2n) is 8.37. The molecule has 4 nitrogen and oxygen atoms in total. The molecule has 4 rings (SSSR count). The smallest absolute Gasteiger partial charge is 0.387 e. The fourth-order valence-corrected chi connectivity index (χ4v) is 3.97. The Kier molecular flexibility index (Phi) is 8.32. The molecule has 0 aliphatic rings. The molecule has 0 saturated heterocycles. The van der Waals surface area contributed by atoms with Gasteiger partial charge in [0.2, 0.25) is 0 Å². The third kappa shape index (κ3) is 6.79. The summed E-state index contributed by atoms with van der Waals surface area (Å²) in [6, 6.07) is 16.0. The molecule has 0 amide bonds. The second-order valence-corrected chi connectivity index (χ2v) is 8.37. The van der Waals surface area contributed by atoms with Gasteiger partial charge in [0.25, 0.3) is 0 Å². The molecule has 0 unspecified atom stereocenters. The standard InChI is InChI=1S/C28H27F3N2O2/c1-34-15-14-21-17-32-26(33-18-21)13-6-20-5-12-25-23(16-20)9-8-22(27(25)29)7-2-19-3-10-24(11-4-19)35-28(30)31/h3-5,8-12,16-18,28H,2,6-7,13-15H2,1H3. The first kappa shape index (κ1) is 24.7. The summed E-state index contributed by atoms with van der Waals surface area (Å²) in [5.41, 5.74) is 3.70. The van der Waals surface area contributed by atoms with Crippen LogP contribution in [0.3, 0.4) is 0 Å². The van der Waals surface area contributed by atoms with Crippen molar-refractivity contribution in [3.05, 3.63) is 101 Å². The summed E-state index contributed by atoms with van der Waals surface area (Å²) < 4.78 is 49.2. The number of methoxy groups -OCH3 is 1. The lowest BCUT2D eigenvalue weighted by Gasteiger charge is -2.10. The van der Waals surface area contributed by atoms with Gasteiger partial charge in [0, 0.05) is 31.3 Å². The van der Waals surface area contributed by atoms with Gasteiger partial charge in [-0.15, -0.1) is 0 Å². The van der Waals surface area contributed by atoms with E-state index in [4.69, 9.17) is 4.74 Å². The summed E-state index contributed by atoms with van der Waals surface area (Å²) >= 11 is 0. The van der Waals surface area contributed by atoms with Gasteiger partial charge in [-0.25, -0.2) is 14.4 Å². The van der Waals surface area contributed by atoms with Crippen molar-refractivity contribution in [2.24, 2.45) is 0 Å². The van der Waals surface area contributed by atoms with Gasteiger partial charge >= 0.3 is 6.61 Å². The van der Waals surface area contributed by atoms with Gasteiger partial charge in [-0.3, -0.25) is 0 Å². The highest BCUT2D eigenvalue weighted by Gasteiger charge is 2.10. The summed E-state index contributed by atoms with van der Waals surface area (Å²) in [6.07, 6.45) is 7.04.